The van der Waals surface area contributed by atoms with Gasteiger partial charge in [0.2, 0.25) is 11.5 Å². The number of carbonyl (C=O) groups excluding carboxylic acids is 1. The van der Waals surface area contributed by atoms with Crippen LogP contribution in [0.1, 0.15) is 16.3 Å². The van der Waals surface area contributed by atoms with Crippen LogP contribution in [-0.4, -0.2) is 69.8 Å². The van der Waals surface area contributed by atoms with Gasteiger partial charge in [0.05, 0.1) is 0 Å². The molecule has 1 aromatic carbocycles. The predicted octanol–water partition coefficient (Wildman–Crippen LogP) is 1.55. The Morgan fingerprint density at radius 1 is 1.08 bits per heavy atom. The molecule has 186 valence electrons. The molecule has 0 saturated carbocycles. The lowest BCUT2D eigenvalue weighted by Gasteiger charge is -2.33. The number of aliphatic hydroxyl groups excluding tert-OH is 1. The van der Waals surface area contributed by atoms with E-state index in [4.69, 9.17) is 11.6 Å². The zero-order valence-electron chi connectivity index (χ0n) is 18.8. The van der Waals surface area contributed by atoms with E-state index in [0.29, 0.717) is 31.8 Å². The van der Waals surface area contributed by atoms with Crippen LogP contribution in [0, 0.1) is 5.21 Å². The quantitative estimate of drug-likeness (QED) is 0.295. The molecule has 3 aromatic heterocycles. The maximum absolute atomic E-state index is 13.1. The Balaban J connectivity index is 1.26. The summed E-state index contributed by atoms with van der Waals surface area (Å²) in [4.78, 5) is 25.7. The van der Waals surface area contributed by atoms with Crippen LogP contribution in [0.4, 0.5) is 0 Å². The molecule has 1 fully saturated rings. The van der Waals surface area contributed by atoms with Gasteiger partial charge in [0.1, 0.15) is 11.6 Å². The van der Waals surface area contributed by atoms with Gasteiger partial charge in [-0.1, -0.05) is 11.6 Å². The number of carbonyl (C=O) groups is 1. The van der Waals surface area contributed by atoms with Gasteiger partial charge in [-0.25, -0.2) is 18.4 Å². The normalized spacial score (nSPS) is 14.9. The number of aliphatic hydroxyl groups is 1. The fraction of sp³-hybridized carbons (Fsp3) is 0.217. The molecule has 1 saturated heterocycles. The number of benzene rings is 1. The third-order valence-electron chi connectivity index (χ3n) is 6.03. The first-order chi connectivity index (χ1) is 17.3. The molecule has 13 heteroatoms. The fourth-order valence-electron chi connectivity index (χ4n) is 4.05. The number of hydrogen-bond acceptors (Lipinski definition) is 7. The zero-order valence-corrected chi connectivity index (χ0v) is 20.4. The molecule has 1 aliphatic rings. The largest absolute Gasteiger partial charge is 0.618 e. The second-order valence-corrected chi connectivity index (χ2v) is 10.6. The van der Waals surface area contributed by atoms with Gasteiger partial charge in [0.25, 0.3) is 15.9 Å². The number of H-pyrrole nitrogens is 1. The number of aromatic amines is 1. The number of sulfonamides is 1. The maximum atomic E-state index is 13.1. The third-order valence-corrected chi connectivity index (χ3v) is 8.09. The molecule has 0 unspecified atom stereocenters. The summed E-state index contributed by atoms with van der Waals surface area (Å²) in [7, 11) is -3.77. The lowest BCUT2D eigenvalue weighted by atomic mass is 10.1. The van der Waals surface area contributed by atoms with Crippen molar-refractivity contribution in [1.29, 1.82) is 0 Å². The van der Waals surface area contributed by atoms with Crippen molar-refractivity contribution in [3.05, 3.63) is 76.7 Å². The second-order valence-electron chi connectivity index (χ2n) is 8.25. The number of halogens is 1. The van der Waals surface area contributed by atoms with E-state index in [1.165, 1.54) is 33.9 Å². The molecule has 0 bridgehead atoms. The standard InChI is InChI=1S/C23H21ClN6O5S/c24-18-1-2-20-16(9-18)11-21(27-20)36(34,35)29-7-5-28(6-8-29)23(32)22-25-12-17(13-26-22)15-3-4-30(33)19(10-15)14-31/h1-4,9-13,27,31H,5-8,14H2. The topological polar surface area (TPSA) is 146 Å². The van der Waals surface area contributed by atoms with Gasteiger partial charge in [-0.15, -0.1) is 0 Å². The summed E-state index contributed by atoms with van der Waals surface area (Å²) in [6.07, 6.45) is 4.21. The molecule has 0 atom stereocenters. The highest BCUT2D eigenvalue weighted by molar-refractivity contribution is 7.89. The first-order valence-corrected chi connectivity index (χ1v) is 12.8. The summed E-state index contributed by atoms with van der Waals surface area (Å²) < 4.78 is 28.2. The van der Waals surface area contributed by atoms with Gasteiger partial charge >= 0.3 is 0 Å². The number of aromatic nitrogens is 4. The van der Waals surface area contributed by atoms with Crippen molar-refractivity contribution in [3.8, 4) is 11.1 Å². The third kappa shape index (κ3) is 4.51. The predicted molar refractivity (Wildman–Crippen MR) is 130 cm³/mol. The summed E-state index contributed by atoms with van der Waals surface area (Å²) in [5.74, 6) is -0.417. The molecule has 1 amide bonds. The van der Waals surface area contributed by atoms with Crippen LogP contribution in [0.2, 0.25) is 5.02 Å². The van der Waals surface area contributed by atoms with Crippen molar-refractivity contribution in [3.63, 3.8) is 0 Å². The summed E-state index contributed by atoms with van der Waals surface area (Å²) in [5, 5.41) is 22.2. The summed E-state index contributed by atoms with van der Waals surface area (Å²) in [5.41, 5.74) is 2.06. The molecule has 4 aromatic rings. The minimum Gasteiger partial charge on any atom is -0.618 e. The van der Waals surface area contributed by atoms with E-state index in [9.17, 15) is 23.5 Å². The first kappa shape index (κ1) is 24.1. The van der Waals surface area contributed by atoms with Crippen LogP contribution in [0.25, 0.3) is 22.0 Å². The van der Waals surface area contributed by atoms with Crippen molar-refractivity contribution >= 4 is 38.4 Å². The van der Waals surface area contributed by atoms with Crippen molar-refractivity contribution in [2.75, 3.05) is 26.2 Å². The number of amides is 1. The Morgan fingerprint density at radius 2 is 1.81 bits per heavy atom. The number of pyridine rings is 1. The zero-order chi connectivity index (χ0) is 25.4. The monoisotopic (exact) mass is 528 g/mol. The van der Waals surface area contributed by atoms with Crippen LogP contribution in [0.15, 0.2) is 60.0 Å². The lowest BCUT2D eigenvalue weighted by Crippen LogP contribution is -2.50. The second kappa shape index (κ2) is 9.47. The highest BCUT2D eigenvalue weighted by atomic mass is 35.5. The van der Waals surface area contributed by atoms with Crippen molar-refractivity contribution in [1.82, 2.24) is 24.2 Å². The molecule has 2 N–H and O–H groups in total. The van der Waals surface area contributed by atoms with Gasteiger partial charge in [0, 0.05) is 72.2 Å². The fourth-order valence-corrected chi connectivity index (χ4v) is 5.66. The Morgan fingerprint density at radius 3 is 2.50 bits per heavy atom. The van der Waals surface area contributed by atoms with Crippen LogP contribution in [0.5, 0.6) is 0 Å². The van der Waals surface area contributed by atoms with E-state index in [1.807, 2.05) is 0 Å². The number of rotatable bonds is 5. The van der Waals surface area contributed by atoms with E-state index in [-0.39, 0.29) is 42.7 Å². The molecular formula is C23H21ClN6O5S. The van der Waals surface area contributed by atoms with Crippen molar-refractivity contribution in [2.45, 2.75) is 11.6 Å². The van der Waals surface area contributed by atoms with Crippen molar-refractivity contribution < 1.29 is 23.0 Å². The Bertz CT molecular complexity index is 1550. The molecule has 36 heavy (non-hydrogen) atoms. The van der Waals surface area contributed by atoms with E-state index in [2.05, 4.69) is 15.0 Å². The smallest absolute Gasteiger partial charge is 0.291 e. The minimum absolute atomic E-state index is 0.0141. The summed E-state index contributed by atoms with van der Waals surface area (Å²) >= 11 is 6.00. The van der Waals surface area contributed by atoms with E-state index >= 15 is 0 Å². The Kier molecular flexibility index (Phi) is 6.35. The number of hydrogen-bond donors (Lipinski definition) is 2. The molecule has 5 rings (SSSR count). The number of fused-ring (bicyclic) bond motifs is 1. The molecular weight excluding hydrogens is 508 g/mol. The van der Waals surface area contributed by atoms with Gasteiger partial charge in [-0.05, 0) is 29.8 Å². The molecule has 4 heterocycles. The molecule has 1 aliphatic heterocycles. The van der Waals surface area contributed by atoms with Crippen LogP contribution < -0.4 is 4.73 Å². The van der Waals surface area contributed by atoms with Crippen LogP contribution in [-0.2, 0) is 16.6 Å². The average Bonchev–Trinajstić information content (AvgIpc) is 3.33. The van der Waals surface area contributed by atoms with Gasteiger partial charge in [-0.3, -0.25) is 4.79 Å². The minimum atomic E-state index is -3.77. The Hall–Kier alpha value is -3.58. The van der Waals surface area contributed by atoms with E-state index in [0.717, 1.165) is 0 Å². The molecule has 0 spiro atoms. The average molecular weight is 529 g/mol. The summed E-state index contributed by atoms with van der Waals surface area (Å²) in [6.45, 7) is 0.233. The number of nitrogens with one attached hydrogen (secondary N) is 1. The highest BCUT2D eigenvalue weighted by Gasteiger charge is 2.32. The highest BCUT2D eigenvalue weighted by Crippen LogP contribution is 2.25. The van der Waals surface area contributed by atoms with Crippen molar-refractivity contribution in [2.24, 2.45) is 0 Å². The van der Waals surface area contributed by atoms with E-state index < -0.39 is 22.5 Å². The lowest BCUT2D eigenvalue weighted by molar-refractivity contribution is -0.616. The number of piperazine rings is 1. The van der Waals surface area contributed by atoms with Gasteiger partial charge in [0.15, 0.2) is 6.20 Å². The number of nitrogens with zero attached hydrogens (tertiary/aromatic N) is 5. The summed E-state index contributed by atoms with van der Waals surface area (Å²) in [6, 6.07) is 9.74. The maximum Gasteiger partial charge on any atom is 0.291 e. The van der Waals surface area contributed by atoms with E-state index in [1.54, 1.807) is 30.3 Å². The van der Waals surface area contributed by atoms with Crippen LogP contribution >= 0.6 is 11.6 Å². The first-order valence-electron chi connectivity index (χ1n) is 11.0. The van der Waals surface area contributed by atoms with Gasteiger partial charge in [-0.2, -0.15) is 9.04 Å². The molecule has 0 aliphatic carbocycles. The molecule has 11 nitrogen and oxygen atoms in total. The van der Waals surface area contributed by atoms with Gasteiger partial charge < -0.3 is 20.2 Å². The Labute approximate surface area is 211 Å². The van der Waals surface area contributed by atoms with Crippen LogP contribution in [0.3, 0.4) is 0 Å². The SMILES string of the molecule is O=C(c1ncc(-c2cc[n+]([O-])c(CO)c2)cn1)N1CCN(S(=O)(=O)c2cc3cc(Cl)ccc3[nH]2)CC1. The molecule has 0 radical (unpaired) electrons.